The van der Waals surface area contributed by atoms with Gasteiger partial charge in [-0.3, -0.25) is 0 Å². The van der Waals surface area contributed by atoms with E-state index < -0.39 is 11.6 Å². The number of hydrogen-bond acceptors (Lipinski definition) is 1. The van der Waals surface area contributed by atoms with E-state index in [-0.39, 0.29) is 11.3 Å². The molecular formula is C12H8F2O. The summed E-state index contributed by atoms with van der Waals surface area (Å²) in [6, 6.07) is 10.5. The van der Waals surface area contributed by atoms with Crippen LogP contribution in [0, 0.1) is 11.6 Å². The number of halogens is 2. The average Bonchev–Trinajstić information content (AvgIpc) is 2.25. The monoisotopic (exact) mass is 206 g/mol. The third-order valence-corrected chi connectivity index (χ3v) is 2.12. The summed E-state index contributed by atoms with van der Waals surface area (Å²) in [6.07, 6.45) is 0. The molecule has 0 aromatic heterocycles. The van der Waals surface area contributed by atoms with Crippen LogP contribution in [-0.4, -0.2) is 5.11 Å². The molecule has 2 aromatic rings. The minimum atomic E-state index is -1.05. The highest BCUT2D eigenvalue weighted by Crippen LogP contribution is 2.30. The Balaban J connectivity index is 2.59. The van der Waals surface area contributed by atoms with Gasteiger partial charge in [-0.1, -0.05) is 30.3 Å². The molecule has 1 N–H and O–H groups in total. The van der Waals surface area contributed by atoms with Gasteiger partial charge in [0.25, 0.3) is 0 Å². The lowest BCUT2D eigenvalue weighted by Gasteiger charge is -2.05. The van der Waals surface area contributed by atoms with Gasteiger partial charge in [0.15, 0.2) is 11.6 Å². The zero-order chi connectivity index (χ0) is 10.8. The van der Waals surface area contributed by atoms with E-state index in [1.165, 1.54) is 0 Å². The molecule has 0 fully saturated rings. The normalized spacial score (nSPS) is 10.3. The van der Waals surface area contributed by atoms with Crippen molar-refractivity contribution in [1.82, 2.24) is 0 Å². The Morgan fingerprint density at radius 3 is 2.13 bits per heavy atom. The predicted molar refractivity (Wildman–Crippen MR) is 53.5 cm³/mol. The first-order chi connectivity index (χ1) is 7.18. The zero-order valence-corrected chi connectivity index (χ0v) is 7.74. The first-order valence-electron chi connectivity index (χ1n) is 4.42. The third-order valence-electron chi connectivity index (χ3n) is 2.12. The van der Waals surface area contributed by atoms with Crippen LogP contribution in [0.2, 0.25) is 0 Å². The summed E-state index contributed by atoms with van der Waals surface area (Å²) >= 11 is 0. The van der Waals surface area contributed by atoms with E-state index in [4.69, 9.17) is 0 Å². The van der Waals surface area contributed by atoms with Crippen molar-refractivity contribution in [2.45, 2.75) is 0 Å². The van der Waals surface area contributed by atoms with E-state index in [1.807, 2.05) is 0 Å². The second-order valence-corrected chi connectivity index (χ2v) is 3.15. The topological polar surface area (TPSA) is 20.2 Å². The molecule has 0 saturated heterocycles. The van der Waals surface area contributed by atoms with E-state index in [2.05, 4.69) is 0 Å². The van der Waals surface area contributed by atoms with Crippen molar-refractivity contribution in [1.29, 1.82) is 0 Å². The number of phenolic OH excluding ortho intramolecular Hbond substituents is 1. The quantitative estimate of drug-likeness (QED) is 0.758. The van der Waals surface area contributed by atoms with Gasteiger partial charge in [0.05, 0.1) is 0 Å². The van der Waals surface area contributed by atoms with Crippen LogP contribution in [0.4, 0.5) is 8.78 Å². The highest BCUT2D eigenvalue weighted by molar-refractivity contribution is 5.69. The Labute approximate surface area is 85.6 Å². The maximum atomic E-state index is 13.0. The van der Waals surface area contributed by atoms with E-state index in [1.54, 1.807) is 30.3 Å². The summed E-state index contributed by atoms with van der Waals surface area (Å²) < 4.78 is 25.7. The van der Waals surface area contributed by atoms with Gasteiger partial charge in [0.1, 0.15) is 5.75 Å². The summed E-state index contributed by atoms with van der Waals surface area (Å²) in [4.78, 5) is 0. The maximum Gasteiger partial charge on any atom is 0.162 e. The Kier molecular flexibility index (Phi) is 2.37. The van der Waals surface area contributed by atoms with Crippen molar-refractivity contribution in [2.24, 2.45) is 0 Å². The Morgan fingerprint density at radius 2 is 1.47 bits per heavy atom. The fourth-order valence-electron chi connectivity index (χ4n) is 1.39. The number of hydrogen-bond donors (Lipinski definition) is 1. The average molecular weight is 206 g/mol. The van der Waals surface area contributed by atoms with Crippen LogP contribution in [0.5, 0.6) is 5.75 Å². The molecule has 0 spiro atoms. The predicted octanol–water partition coefficient (Wildman–Crippen LogP) is 3.34. The molecule has 3 heteroatoms. The molecule has 0 aliphatic carbocycles. The van der Waals surface area contributed by atoms with Gasteiger partial charge in [0, 0.05) is 11.6 Å². The molecule has 0 radical (unpaired) electrons. The molecule has 0 saturated carbocycles. The first-order valence-corrected chi connectivity index (χ1v) is 4.42. The number of phenols is 1. The summed E-state index contributed by atoms with van der Waals surface area (Å²) in [7, 11) is 0. The lowest BCUT2D eigenvalue weighted by molar-refractivity contribution is 0.457. The molecule has 0 unspecified atom stereocenters. The molecule has 0 atom stereocenters. The van der Waals surface area contributed by atoms with Crippen molar-refractivity contribution in [3.8, 4) is 16.9 Å². The van der Waals surface area contributed by atoms with Crippen LogP contribution in [0.3, 0.4) is 0 Å². The van der Waals surface area contributed by atoms with Gasteiger partial charge in [-0.15, -0.1) is 0 Å². The second kappa shape index (κ2) is 3.69. The standard InChI is InChI=1S/C12H8F2O/c13-10-6-9(12(15)7-11(10)14)8-4-2-1-3-5-8/h1-7,15H. The summed E-state index contributed by atoms with van der Waals surface area (Å²) in [5, 5.41) is 9.46. The van der Waals surface area contributed by atoms with Crippen molar-refractivity contribution >= 4 is 0 Å². The zero-order valence-electron chi connectivity index (χ0n) is 7.74. The number of rotatable bonds is 1. The third kappa shape index (κ3) is 1.81. The van der Waals surface area contributed by atoms with Crippen LogP contribution in [-0.2, 0) is 0 Å². The SMILES string of the molecule is Oc1cc(F)c(F)cc1-c1ccccc1. The Morgan fingerprint density at radius 1 is 0.867 bits per heavy atom. The van der Waals surface area contributed by atoms with Gasteiger partial charge in [0.2, 0.25) is 0 Å². The van der Waals surface area contributed by atoms with Crippen LogP contribution < -0.4 is 0 Å². The molecule has 1 nitrogen and oxygen atoms in total. The van der Waals surface area contributed by atoms with Crippen molar-refractivity contribution in [2.75, 3.05) is 0 Å². The molecule has 2 rings (SSSR count). The lowest BCUT2D eigenvalue weighted by Crippen LogP contribution is -1.86. The van der Waals surface area contributed by atoms with Crippen LogP contribution in [0.1, 0.15) is 0 Å². The highest BCUT2D eigenvalue weighted by atomic mass is 19.2. The first kappa shape index (κ1) is 9.65. The van der Waals surface area contributed by atoms with Crippen molar-refractivity contribution < 1.29 is 13.9 Å². The molecule has 0 aliphatic rings. The van der Waals surface area contributed by atoms with E-state index in [0.717, 1.165) is 12.1 Å². The second-order valence-electron chi connectivity index (χ2n) is 3.15. The van der Waals surface area contributed by atoms with Crippen LogP contribution in [0.25, 0.3) is 11.1 Å². The van der Waals surface area contributed by atoms with Crippen LogP contribution in [0.15, 0.2) is 42.5 Å². The fraction of sp³-hybridized carbons (Fsp3) is 0. The fourth-order valence-corrected chi connectivity index (χ4v) is 1.39. The molecule has 0 heterocycles. The summed E-state index contributed by atoms with van der Waals surface area (Å²) in [5.41, 5.74) is 0.934. The van der Waals surface area contributed by atoms with Gasteiger partial charge < -0.3 is 5.11 Å². The molecule has 2 aromatic carbocycles. The molecule has 0 bridgehead atoms. The maximum absolute atomic E-state index is 13.0. The minimum absolute atomic E-state index is 0.264. The molecule has 76 valence electrons. The van der Waals surface area contributed by atoms with Gasteiger partial charge in [-0.2, -0.15) is 0 Å². The molecular weight excluding hydrogens is 198 g/mol. The number of benzene rings is 2. The van der Waals surface area contributed by atoms with E-state index >= 15 is 0 Å². The van der Waals surface area contributed by atoms with Crippen molar-refractivity contribution in [3.05, 3.63) is 54.1 Å². The lowest BCUT2D eigenvalue weighted by atomic mass is 10.0. The smallest absolute Gasteiger partial charge is 0.162 e. The molecule has 0 amide bonds. The van der Waals surface area contributed by atoms with E-state index in [9.17, 15) is 13.9 Å². The highest BCUT2D eigenvalue weighted by Gasteiger charge is 2.09. The van der Waals surface area contributed by atoms with Gasteiger partial charge in [-0.25, -0.2) is 8.78 Å². The van der Waals surface area contributed by atoms with E-state index in [0.29, 0.717) is 5.56 Å². The van der Waals surface area contributed by atoms with Gasteiger partial charge in [-0.05, 0) is 11.6 Å². The number of aromatic hydroxyl groups is 1. The minimum Gasteiger partial charge on any atom is -0.507 e. The Hall–Kier alpha value is -1.90. The Bertz CT molecular complexity index is 480. The van der Waals surface area contributed by atoms with Crippen LogP contribution >= 0.6 is 0 Å². The molecule has 0 aliphatic heterocycles. The molecule has 15 heavy (non-hydrogen) atoms. The van der Waals surface area contributed by atoms with Crippen molar-refractivity contribution in [3.63, 3.8) is 0 Å². The summed E-state index contributed by atoms with van der Waals surface area (Å²) in [6.45, 7) is 0. The largest absolute Gasteiger partial charge is 0.507 e. The van der Waals surface area contributed by atoms with Gasteiger partial charge >= 0.3 is 0 Å². The summed E-state index contributed by atoms with van der Waals surface area (Å²) in [5.74, 6) is -2.28.